The highest BCUT2D eigenvalue weighted by atomic mass is 32.2. The molecule has 5 N–H and O–H groups in total. The molecule has 0 amide bonds. The highest BCUT2D eigenvalue weighted by Crippen LogP contribution is 2.29. The van der Waals surface area contributed by atoms with Crippen LogP contribution in [0.15, 0.2) is 41.3 Å². The first kappa shape index (κ1) is 12.0. The molecule has 0 atom stereocenters. The third-order valence-electron chi connectivity index (χ3n) is 3.03. The molecular formula is C12H11N3O3S. The van der Waals surface area contributed by atoms with Gasteiger partial charge in [-0.25, -0.2) is 0 Å². The van der Waals surface area contributed by atoms with Crippen LogP contribution in [0.25, 0.3) is 21.8 Å². The van der Waals surface area contributed by atoms with Crippen LogP contribution in [0.1, 0.15) is 0 Å². The number of hydrogen-bond donors (Lipinski definition) is 4. The van der Waals surface area contributed by atoms with Crippen LogP contribution in [0, 0.1) is 0 Å². The van der Waals surface area contributed by atoms with Crippen LogP contribution in [0.5, 0.6) is 0 Å². The molecule has 3 aromatic rings. The number of aromatic nitrogens is 1. The number of benzene rings is 2. The van der Waals surface area contributed by atoms with Crippen molar-refractivity contribution in [2.75, 3.05) is 5.43 Å². The second-order valence-electron chi connectivity index (χ2n) is 4.21. The van der Waals surface area contributed by atoms with Gasteiger partial charge in [0.25, 0.3) is 10.1 Å². The largest absolute Gasteiger partial charge is 0.354 e. The highest BCUT2D eigenvalue weighted by molar-refractivity contribution is 7.85. The predicted octanol–water partition coefficient (Wildman–Crippen LogP) is 1.85. The molecule has 7 heteroatoms. The maximum absolute atomic E-state index is 11.2. The van der Waals surface area contributed by atoms with Crippen LogP contribution in [-0.4, -0.2) is 18.0 Å². The lowest BCUT2D eigenvalue weighted by atomic mass is 10.1. The van der Waals surface area contributed by atoms with Gasteiger partial charge in [0, 0.05) is 21.8 Å². The first-order chi connectivity index (χ1) is 8.99. The molecule has 0 spiro atoms. The topological polar surface area (TPSA) is 108 Å². The van der Waals surface area contributed by atoms with Crippen molar-refractivity contribution in [1.82, 2.24) is 4.98 Å². The van der Waals surface area contributed by atoms with Crippen LogP contribution < -0.4 is 11.3 Å². The van der Waals surface area contributed by atoms with Crippen molar-refractivity contribution in [3.8, 4) is 0 Å². The number of nitrogens with one attached hydrogen (secondary N) is 2. The van der Waals surface area contributed by atoms with Gasteiger partial charge in [0.2, 0.25) is 0 Å². The zero-order valence-electron chi connectivity index (χ0n) is 9.71. The standard InChI is InChI=1S/C12H11N3O3S/c13-15-7-1-3-9-10-6-8(19(16,17)18)2-4-11(10)14-12(9)5-7/h1-6,14-15H,13H2,(H,16,17,18). The van der Waals surface area contributed by atoms with Crippen molar-refractivity contribution in [3.05, 3.63) is 36.4 Å². The Hall–Kier alpha value is -2.09. The molecule has 0 aliphatic heterocycles. The molecule has 0 saturated carbocycles. The summed E-state index contributed by atoms with van der Waals surface area (Å²) >= 11 is 0. The van der Waals surface area contributed by atoms with Crippen LogP contribution in [0.3, 0.4) is 0 Å². The smallest absolute Gasteiger partial charge is 0.294 e. The summed E-state index contributed by atoms with van der Waals surface area (Å²) in [5, 5.41) is 1.59. The summed E-state index contributed by atoms with van der Waals surface area (Å²) < 4.78 is 31.4. The number of H-pyrrole nitrogens is 1. The van der Waals surface area contributed by atoms with Gasteiger partial charge in [-0.2, -0.15) is 8.42 Å². The van der Waals surface area contributed by atoms with Crippen LogP contribution in [-0.2, 0) is 10.1 Å². The summed E-state index contributed by atoms with van der Waals surface area (Å²) in [6.45, 7) is 0. The van der Waals surface area contributed by atoms with Gasteiger partial charge < -0.3 is 10.4 Å². The Kier molecular flexibility index (Phi) is 2.49. The minimum atomic E-state index is -4.20. The summed E-state index contributed by atoms with van der Waals surface area (Å²) in [7, 11) is -4.20. The Labute approximate surface area is 108 Å². The average molecular weight is 277 g/mol. The second-order valence-corrected chi connectivity index (χ2v) is 5.63. The number of aromatic amines is 1. The average Bonchev–Trinajstić information content (AvgIpc) is 2.73. The van der Waals surface area contributed by atoms with Gasteiger partial charge in [-0.15, -0.1) is 0 Å². The number of hydrazine groups is 1. The van der Waals surface area contributed by atoms with Crippen molar-refractivity contribution in [2.45, 2.75) is 4.90 Å². The van der Waals surface area contributed by atoms with Gasteiger partial charge in [0.05, 0.1) is 10.6 Å². The minimum Gasteiger partial charge on any atom is -0.354 e. The lowest BCUT2D eigenvalue weighted by molar-refractivity contribution is 0.483. The van der Waals surface area contributed by atoms with E-state index in [0.29, 0.717) is 0 Å². The monoisotopic (exact) mass is 277 g/mol. The Morgan fingerprint density at radius 2 is 1.84 bits per heavy atom. The number of nitrogen functional groups attached to an aromatic ring is 1. The van der Waals surface area contributed by atoms with E-state index in [4.69, 9.17) is 10.4 Å². The van der Waals surface area contributed by atoms with E-state index >= 15 is 0 Å². The fourth-order valence-corrected chi connectivity index (χ4v) is 2.64. The van der Waals surface area contributed by atoms with Gasteiger partial charge in [-0.1, -0.05) is 6.07 Å². The summed E-state index contributed by atoms with van der Waals surface area (Å²) in [6.07, 6.45) is 0. The van der Waals surface area contributed by atoms with E-state index in [1.54, 1.807) is 12.1 Å². The van der Waals surface area contributed by atoms with Crippen molar-refractivity contribution in [3.63, 3.8) is 0 Å². The third-order valence-corrected chi connectivity index (χ3v) is 3.88. The van der Waals surface area contributed by atoms with E-state index < -0.39 is 10.1 Å². The van der Waals surface area contributed by atoms with E-state index in [9.17, 15) is 8.42 Å². The van der Waals surface area contributed by atoms with E-state index in [1.165, 1.54) is 12.1 Å². The molecule has 6 nitrogen and oxygen atoms in total. The van der Waals surface area contributed by atoms with Crippen LogP contribution in [0.2, 0.25) is 0 Å². The van der Waals surface area contributed by atoms with Crippen LogP contribution in [0.4, 0.5) is 5.69 Å². The quantitative estimate of drug-likeness (QED) is 0.325. The molecule has 3 rings (SSSR count). The molecule has 0 aliphatic carbocycles. The molecular weight excluding hydrogens is 266 g/mol. The fraction of sp³-hybridized carbons (Fsp3) is 0. The lowest BCUT2D eigenvalue weighted by Crippen LogP contribution is -2.05. The van der Waals surface area contributed by atoms with E-state index in [2.05, 4.69) is 10.4 Å². The van der Waals surface area contributed by atoms with Gasteiger partial charge in [0.15, 0.2) is 0 Å². The first-order valence-electron chi connectivity index (χ1n) is 5.48. The van der Waals surface area contributed by atoms with Crippen molar-refractivity contribution in [2.24, 2.45) is 5.84 Å². The fourth-order valence-electron chi connectivity index (χ4n) is 2.13. The molecule has 1 aromatic heterocycles. The molecule has 0 fully saturated rings. The number of hydrogen-bond acceptors (Lipinski definition) is 4. The second kappa shape index (κ2) is 3.95. The van der Waals surface area contributed by atoms with Crippen molar-refractivity contribution < 1.29 is 13.0 Å². The molecule has 0 bridgehead atoms. The van der Waals surface area contributed by atoms with Crippen LogP contribution >= 0.6 is 0 Å². The van der Waals surface area contributed by atoms with Gasteiger partial charge in [-0.05, 0) is 30.3 Å². The van der Waals surface area contributed by atoms with Gasteiger partial charge in [-0.3, -0.25) is 10.4 Å². The van der Waals surface area contributed by atoms with E-state index in [0.717, 1.165) is 27.5 Å². The predicted molar refractivity (Wildman–Crippen MR) is 73.4 cm³/mol. The summed E-state index contributed by atoms with van der Waals surface area (Å²) in [4.78, 5) is 3.04. The Bertz CT molecular complexity index is 884. The maximum Gasteiger partial charge on any atom is 0.294 e. The van der Waals surface area contributed by atoms with Crippen molar-refractivity contribution in [1.29, 1.82) is 0 Å². The number of anilines is 1. The molecule has 2 aromatic carbocycles. The zero-order valence-corrected chi connectivity index (χ0v) is 10.5. The third kappa shape index (κ3) is 1.93. The molecule has 1 heterocycles. The highest BCUT2D eigenvalue weighted by Gasteiger charge is 2.12. The Morgan fingerprint density at radius 3 is 2.53 bits per heavy atom. The maximum atomic E-state index is 11.2. The zero-order chi connectivity index (χ0) is 13.6. The van der Waals surface area contributed by atoms with E-state index in [1.807, 2.05) is 12.1 Å². The lowest BCUT2D eigenvalue weighted by Gasteiger charge is -1.99. The van der Waals surface area contributed by atoms with E-state index in [-0.39, 0.29) is 4.90 Å². The minimum absolute atomic E-state index is 0.123. The van der Waals surface area contributed by atoms with Gasteiger partial charge in [0.1, 0.15) is 0 Å². The normalized spacial score (nSPS) is 12.1. The number of fused-ring (bicyclic) bond motifs is 3. The summed E-state index contributed by atoms with van der Waals surface area (Å²) in [5.74, 6) is 5.34. The summed E-state index contributed by atoms with van der Waals surface area (Å²) in [5.41, 5.74) is 4.91. The SMILES string of the molecule is NNc1ccc2c(c1)[nH]c1ccc(S(=O)(=O)O)cc12. The number of rotatable bonds is 2. The van der Waals surface area contributed by atoms with Gasteiger partial charge >= 0.3 is 0 Å². The molecule has 98 valence electrons. The summed E-state index contributed by atoms with van der Waals surface area (Å²) in [6, 6.07) is 9.86. The molecule has 0 radical (unpaired) electrons. The first-order valence-corrected chi connectivity index (χ1v) is 6.92. The van der Waals surface area contributed by atoms with Crippen molar-refractivity contribution >= 4 is 37.6 Å². The Balaban J connectivity index is 2.36. The molecule has 0 saturated heterocycles. The Morgan fingerprint density at radius 1 is 1.05 bits per heavy atom. The number of nitrogens with two attached hydrogens (primary N) is 1. The molecule has 19 heavy (non-hydrogen) atoms. The molecule has 0 aliphatic rings. The molecule has 0 unspecified atom stereocenters.